The van der Waals surface area contributed by atoms with Crippen LogP contribution in [0.25, 0.3) is 0 Å². The first-order chi connectivity index (χ1) is 16.1. The first-order valence-corrected chi connectivity index (χ1v) is 11.6. The molecule has 0 bridgehead atoms. The Morgan fingerprint density at radius 1 is 1.00 bits per heavy atom. The number of likely N-dealkylation sites (tertiary alicyclic amines) is 1. The van der Waals surface area contributed by atoms with Gasteiger partial charge in [-0.25, -0.2) is 9.18 Å². The summed E-state index contributed by atoms with van der Waals surface area (Å²) in [5.74, 6) is -0.742. The molecule has 2 aromatic carbocycles. The lowest BCUT2D eigenvalue weighted by Crippen LogP contribution is -2.47. The summed E-state index contributed by atoms with van der Waals surface area (Å²) in [7, 11) is 0. The van der Waals surface area contributed by atoms with Crippen LogP contribution in [0.15, 0.2) is 54.6 Å². The summed E-state index contributed by atoms with van der Waals surface area (Å²) in [5.41, 5.74) is 1.24. The van der Waals surface area contributed by atoms with Crippen LogP contribution in [0.5, 0.6) is 0 Å². The average molecular weight is 469 g/mol. The second-order valence-corrected chi connectivity index (χ2v) is 8.85. The Hall–Kier alpha value is -3.37. The molecule has 8 nitrogen and oxygen atoms in total. The summed E-state index contributed by atoms with van der Waals surface area (Å²) in [5, 5.41) is 17.7. The van der Waals surface area contributed by atoms with Crippen molar-refractivity contribution >= 4 is 34.6 Å². The van der Waals surface area contributed by atoms with E-state index in [9.17, 15) is 14.0 Å². The number of aromatic nitrogens is 2. The molecule has 1 aliphatic rings. The van der Waals surface area contributed by atoms with E-state index in [1.54, 1.807) is 0 Å². The van der Waals surface area contributed by atoms with E-state index < -0.39 is 0 Å². The van der Waals surface area contributed by atoms with Gasteiger partial charge in [-0.15, -0.1) is 10.2 Å². The number of piperidine rings is 1. The summed E-state index contributed by atoms with van der Waals surface area (Å²) in [6.45, 7) is 1.98. The number of halogens is 1. The van der Waals surface area contributed by atoms with Gasteiger partial charge in [0.1, 0.15) is 10.8 Å². The Bertz CT molecular complexity index is 1080. The maximum Gasteiger partial charge on any atom is 0.319 e. The van der Waals surface area contributed by atoms with E-state index in [2.05, 4.69) is 31.0 Å². The molecule has 2 heterocycles. The van der Waals surface area contributed by atoms with Crippen molar-refractivity contribution in [1.29, 1.82) is 0 Å². The molecular formula is C23H25FN6O2S. The predicted octanol–water partition coefficient (Wildman–Crippen LogP) is 4.11. The zero-order valence-corrected chi connectivity index (χ0v) is 18.8. The van der Waals surface area contributed by atoms with Crippen LogP contribution in [-0.4, -0.2) is 46.2 Å². The van der Waals surface area contributed by atoms with Crippen LogP contribution in [0, 0.1) is 5.82 Å². The minimum atomic E-state index is -0.375. The molecule has 1 fully saturated rings. The minimum absolute atomic E-state index is 0.181. The molecule has 4 rings (SSSR count). The third-order valence-electron chi connectivity index (χ3n) is 5.38. The molecule has 33 heavy (non-hydrogen) atoms. The van der Waals surface area contributed by atoms with Crippen molar-refractivity contribution in [2.45, 2.75) is 31.8 Å². The van der Waals surface area contributed by atoms with E-state index in [0.29, 0.717) is 18.8 Å². The predicted molar refractivity (Wildman–Crippen MR) is 126 cm³/mol. The smallest absolute Gasteiger partial charge is 0.319 e. The number of hydrogen-bond acceptors (Lipinski definition) is 6. The molecule has 3 aromatic rings. The fourth-order valence-corrected chi connectivity index (χ4v) is 4.47. The molecule has 0 radical (unpaired) electrons. The second kappa shape index (κ2) is 11.0. The van der Waals surface area contributed by atoms with Crippen LogP contribution in [0.4, 0.5) is 20.6 Å². The lowest BCUT2D eigenvalue weighted by Gasteiger charge is -2.35. The number of nitrogens with zero attached hydrogens (tertiary/aromatic N) is 3. The largest absolute Gasteiger partial charge is 0.336 e. The third-order valence-corrected chi connectivity index (χ3v) is 6.29. The topological polar surface area (TPSA) is 99.2 Å². The Kier molecular flexibility index (Phi) is 7.59. The summed E-state index contributed by atoms with van der Waals surface area (Å²) in [4.78, 5) is 26.9. The molecular weight excluding hydrogens is 443 g/mol. The van der Waals surface area contributed by atoms with Crippen LogP contribution in [-0.2, 0) is 6.54 Å². The van der Waals surface area contributed by atoms with E-state index in [-0.39, 0.29) is 28.8 Å². The van der Waals surface area contributed by atoms with Gasteiger partial charge < -0.3 is 16.0 Å². The SMILES string of the molecule is O=C(NCC1CCCCN1Cc1nnc(C(=O)Nc2ccc(F)cc2)s1)Nc1ccccc1. The lowest BCUT2D eigenvalue weighted by atomic mass is 10.0. The summed E-state index contributed by atoms with van der Waals surface area (Å²) in [6.07, 6.45) is 3.15. The molecule has 1 atom stereocenters. The van der Waals surface area contributed by atoms with Crippen molar-refractivity contribution in [1.82, 2.24) is 20.4 Å². The van der Waals surface area contributed by atoms with E-state index in [0.717, 1.165) is 36.5 Å². The molecule has 1 saturated heterocycles. The number of para-hydroxylation sites is 1. The molecule has 0 saturated carbocycles. The zero-order valence-electron chi connectivity index (χ0n) is 18.0. The second-order valence-electron chi connectivity index (χ2n) is 7.78. The molecule has 3 N–H and O–H groups in total. The Labute approximate surface area is 195 Å². The monoisotopic (exact) mass is 468 g/mol. The number of nitrogens with one attached hydrogen (secondary N) is 3. The Morgan fingerprint density at radius 2 is 1.76 bits per heavy atom. The first kappa shape index (κ1) is 22.8. The van der Waals surface area contributed by atoms with Crippen molar-refractivity contribution in [2.75, 3.05) is 23.7 Å². The minimum Gasteiger partial charge on any atom is -0.336 e. The highest BCUT2D eigenvalue weighted by molar-refractivity contribution is 7.13. The fraction of sp³-hybridized carbons (Fsp3) is 0.304. The number of urea groups is 1. The van der Waals surface area contributed by atoms with Gasteiger partial charge in [0.15, 0.2) is 0 Å². The van der Waals surface area contributed by atoms with Gasteiger partial charge in [0.2, 0.25) is 5.01 Å². The highest BCUT2D eigenvalue weighted by Gasteiger charge is 2.25. The van der Waals surface area contributed by atoms with Crippen LogP contribution in [0.2, 0.25) is 0 Å². The maximum atomic E-state index is 13.0. The van der Waals surface area contributed by atoms with Gasteiger partial charge in [0.05, 0.1) is 6.54 Å². The molecule has 10 heteroatoms. The van der Waals surface area contributed by atoms with Gasteiger partial charge in [-0.1, -0.05) is 36.0 Å². The molecule has 172 valence electrons. The van der Waals surface area contributed by atoms with Crippen molar-refractivity contribution in [3.05, 3.63) is 70.4 Å². The number of anilines is 2. The first-order valence-electron chi connectivity index (χ1n) is 10.8. The van der Waals surface area contributed by atoms with Crippen molar-refractivity contribution < 1.29 is 14.0 Å². The number of carbonyl (C=O) groups excluding carboxylic acids is 2. The van der Waals surface area contributed by atoms with Crippen molar-refractivity contribution in [2.24, 2.45) is 0 Å². The molecule has 1 aromatic heterocycles. The Morgan fingerprint density at radius 3 is 2.55 bits per heavy atom. The number of carbonyl (C=O) groups is 2. The van der Waals surface area contributed by atoms with Gasteiger partial charge in [-0.05, 0) is 55.8 Å². The van der Waals surface area contributed by atoms with E-state index in [1.807, 2.05) is 30.3 Å². The highest BCUT2D eigenvalue weighted by atomic mass is 32.1. The van der Waals surface area contributed by atoms with Crippen LogP contribution >= 0.6 is 11.3 Å². The van der Waals surface area contributed by atoms with Gasteiger partial charge in [-0.2, -0.15) is 0 Å². The zero-order chi connectivity index (χ0) is 23.0. The average Bonchev–Trinajstić information content (AvgIpc) is 3.29. The summed E-state index contributed by atoms with van der Waals surface area (Å²) >= 11 is 1.24. The van der Waals surface area contributed by atoms with E-state index >= 15 is 0 Å². The van der Waals surface area contributed by atoms with E-state index in [1.165, 1.54) is 35.6 Å². The van der Waals surface area contributed by atoms with E-state index in [4.69, 9.17) is 0 Å². The molecule has 0 spiro atoms. The van der Waals surface area contributed by atoms with Crippen LogP contribution < -0.4 is 16.0 Å². The summed E-state index contributed by atoms with van der Waals surface area (Å²) < 4.78 is 13.0. The quantitative estimate of drug-likeness (QED) is 0.485. The van der Waals surface area contributed by atoms with Gasteiger partial charge >= 0.3 is 6.03 Å². The number of rotatable bonds is 7. The molecule has 1 unspecified atom stereocenters. The number of amides is 3. The highest BCUT2D eigenvalue weighted by Crippen LogP contribution is 2.21. The number of hydrogen-bond donors (Lipinski definition) is 3. The van der Waals surface area contributed by atoms with Crippen LogP contribution in [0.1, 0.15) is 34.1 Å². The summed E-state index contributed by atoms with van der Waals surface area (Å²) in [6, 6.07) is 14.8. The van der Waals surface area contributed by atoms with Crippen molar-refractivity contribution in [3.63, 3.8) is 0 Å². The van der Waals surface area contributed by atoms with Gasteiger partial charge in [0, 0.05) is 24.0 Å². The molecule has 3 amide bonds. The maximum absolute atomic E-state index is 13.0. The Balaban J connectivity index is 1.30. The normalized spacial score (nSPS) is 16.2. The van der Waals surface area contributed by atoms with Gasteiger partial charge in [0.25, 0.3) is 5.91 Å². The van der Waals surface area contributed by atoms with Crippen LogP contribution in [0.3, 0.4) is 0 Å². The molecule has 1 aliphatic heterocycles. The fourth-order valence-electron chi connectivity index (χ4n) is 3.71. The molecule has 0 aliphatic carbocycles. The standard InChI is InChI=1S/C23H25FN6O2S/c24-16-9-11-18(12-10-16)26-21(31)22-29-28-20(33-22)15-30-13-5-4-8-19(30)14-25-23(32)27-17-6-2-1-3-7-17/h1-3,6-7,9-12,19H,4-5,8,13-15H2,(H,26,31)(H2,25,27,32). The lowest BCUT2D eigenvalue weighted by molar-refractivity contribution is 0.102. The number of benzene rings is 2. The van der Waals surface area contributed by atoms with Crippen molar-refractivity contribution in [3.8, 4) is 0 Å². The van der Waals surface area contributed by atoms with Gasteiger partial charge in [-0.3, -0.25) is 9.69 Å². The third kappa shape index (κ3) is 6.56.